The summed E-state index contributed by atoms with van der Waals surface area (Å²) in [7, 11) is -3.68. The molecule has 0 radical (unpaired) electrons. The molecule has 10 heteroatoms. The van der Waals surface area contributed by atoms with E-state index >= 15 is 0 Å². The monoisotopic (exact) mass is 397 g/mol. The van der Waals surface area contributed by atoms with Gasteiger partial charge in [-0.3, -0.25) is 4.72 Å². The number of hydrogen-bond acceptors (Lipinski definition) is 8. The summed E-state index contributed by atoms with van der Waals surface area (Å²) in [6.07, 6.45) is 3.46. The van der Waals surface area contributed by atoms with E-state index in [1.54, 1.807) is 48.8 Å². The highest BCUT2D eigenvalue weighted by Gasteiger charge is 2.20. The zero-order chi connectivity index (χ0) is 19.4. The van der Waals surface area contributed by atoms with Crippen molar-refractivity contribution in [1.82, 2.24) is 20.2 Å². The highest BCUT2D eigenvalue weighted by molar-refractivity contribution is 7.92. The second kappa shape index (κ2) is 7.77. The van der Waals surface area contributed by atoms with Crippen LogP contribution in [0.2, 0.25) is 0 Å². The van der Waals surface area contributed by atoms with Crippen LogP contribution in [0.3, 0.4) is 0 Å². The molecule has 1 N–H and O–H groups in total. The highest BCUT2D eigenvalue weighted by atomic mass is 32.2. The van der Waals surface area contributed by atoms with E-state index in [0.29, 0.717) is 5.82 Å². The number of benzene rings is 1. The summed E-state index contributed by atoms with van der Waals surface area (Å²) >= 11 is 0. The number of piperazine rings is 1. The molecule has 1 aliphatic heterocycles. The molecule has 0 amide bonds. The lowest BCUT2D eigenvalue weighted by molar-refractivity contribution is 0.601. The summed E-state index contributed by atoms with van der Waals surface area (Å²) in [5, 5.41) is 8.20. The zero-order valence-corrected chi connectivity index (χ0v) is 15.8. The van der Waals surface area contributed by atoms with Gasteiger partial charge in [-0.25, -0.2) is 18.4 Å². The molecule has 9 nitrogen and oxygen atoms in total. The topological polar surface area (TPSA) is 104 Å². The van der Waals surface area contributed by atoms with Crippen LogP contribution < -0.4 is 14.5 Å². The first-order valence-corrected chi connectivity index (χ1v) is 10.3. The molecule has 144 valence electrons. The normalized spacial score (nSPS) is 14.7. The van der Waals surface area contributed by atoms with Crippen molar-refractivity contribution >= 4 is 27.6 Å². The molecule has 0 aliphatic carbocycles. The molecule has 0 unspecified atom stereocenters. The number of rotatable bonds is 5. The van der Waals surface area contributed by atoms with Crippen molar-refractivity contribution < 1.29 is 8.42 Å². The first kappa shape index (κ1) is 18.1. The second-order valence-corrected chi connectivity index (χ2v) is 7.90. The van der Waals surface area contributed by atoms with Gasteiger partial charge in [-0.2, -0.15) is 0 Å². The lowest BCUT2D eigenvalue weighted by Crippen LogP contribution is -2.47. The molecule has 1 saturated heterocycles. The van der Waals surface area contributed by atoms with Gasteiger partial charge in [0.1, 0.15) is 0 Å². The van der Waals surface area contributed by atoms with Gasteiger partial charge in [-0.05, 0) is 30.3 Å². The number of nitrogens with zero attached hydrogens (tertiary/aromatic N) is 6. The Balaban J connectivity index is 1.39. The Labute approximate surface area is 163 Å². The molecule has 0 atom stereocenters. The van der Waals surface area contributed by atoms with Gasteiger partial charge < -0.3 is 9.80 Å². The SMILES string of the molecule is O=S(=O)(Nc1ccc(N2CCN(c3ncccn3)CC2)nn1)c1ccccc1. The number of anilines is 3. The molecule has 3 aromatic rings. The van der Waals surface area contributed by atoms with E-state index in [4.69, 9.17) is 0 Å². The average molecular weight is 397 g/mol. The first-order chi connectivity index (χ1) is 13.6. The van der Waals surface area contributed by atoms with Crippen molar-refractivity contribution in [2.75, 3.05) is 40.7 Å². The lowest BCUT2D eigenvalue weighted by Gasteiger charge is -2.35. The van der Waals surface area contributed by atoms with Crippen molar-refractivity contribution in [1.29, 1.82) is 0 Å². The summed E-state index contributed by atoms with van der Waals surface area (Å²) in [4.78, 5) is 12.9. The van der Waals surface area contributed by atoms with E-state index in [9.17, 15) is 8.42 Å². The van der Waals surface area contributed by atoms with Crippen LogP contribution in [-0.2, 0) is 10.0 Å². The van der Waals surface area contributed by atoms with Crippen molar-refractivity contribution in [2.24, 2.45) is 0 Å². The molecule has 0 bridgehead atoms. The van der Waals surface area contributed by atoms with Gasteiger partial charge in [-0.1, -0.05) is 18.2 Å². The maximum absolute atomic E-state index is 12.4. The molecule has 1 aliphatic rings. The fourth-order valence-electron chi connectivity index (χ4n) is 2.93. The Hall–Kier alpha value is -3.27. The summed E-state index contributed by atoms with van der Waals surface area (Å²) < 4.78 is 27.2. The Morgan fingerprint density at radius 3 is 2.11 bits per heavy atom. The second-order valence-electron chi connectivity index (χ2n) is 6.22. The standard InChI is InChI=1S/C18H19N7O2S/c26-28(27,15-5-2-1-3-6-15)23-16-7-8-17(22-21-16)24-11-13-25(14-12-24)18-19-9-4-10-20-18/h1-10H,11-14H2,(H,21,23). The van der Waals surface area contributed by atoms with E-state index < -0.39 is 10.0 Å². The lowest BCUT2D eigenvalue weighted by atomic mass is 10.3. The molecule has 3 heterocycles. The Morgan fingerprint density at radius 1 is 0.786 bits per heavy atom. The molecule has 4 rings (SSSR count). The van der Waals surface area contributed by atoms with Crippen molar-refractivity contribution in [3.8, 4) is 0 Å². The number of nitrogens with one attached hydrogen (secondary N) is 1. The predicted octanol–water partition coefficient (Wildman–Crippen LogP) is 1.39. The van der Waals surface area contributed by atoms with Crippen LogP contribution in [-0.4, -0.2) is 54.8 Å². The quantitative estimate of drug-likeness (QED) is 0.689. The van der Waals surface area contributed by atoms with Gasteiger partial charge in [0, 0.05) is 38.6 Å². The van der Waals surface area contributed by atoms with Crippen LogP contribution in [0.5, 0.6) is 0 Å². The van der Waals surface area contributed by atoms with Crippen LogP contribution in [0.1, 0.15) is 0 Å². The Morgan fingerprint density at radius 2 is 1.46 bits per heavy atom. The number of aromatic nitrogens is 4. The summed E-state index contributed by atoms with van der Waals surface area (Å²) in [5.74, 6) is 1.61. The minimum absolute atomic E-state index is 0.181. The number of sulfonamides is 1. The first-order valence-electron chi connectivity index (χ1n) is 8.80. The largest absolute Gasteiger partial charge is 0.352 e. The minimum atomic E-state index is -3.68. The van der Waals surface area contributed by atoms with Gasteiger partial charge in [0.25, 0.3) is 10.0 Å². The van der Waals surface area contributed by atoms with E-state index in [1.807, 2.05) is 0 Å². The molecule has 0 spiro atoms. The third-order valence-corrected chi connectivity index (χ3v) is 5.75. The van der Waals surface area contributed by atoms with Crippen molar-refractivity contribution in [2.45, 2.75) is 4.90 Å². The smallest absolute Gasteiger partial charge is 0.263 e. The van der Waals surface area contributed by atoms with E-state index in [2.05, 4.69) is 34.7 Å². The fourth-order valence-corrected chi connectivity index (χ4v) is 3.95. The van der Waals surface area contributed by atoms with E-state index in [0.717, 1.165) is 32.1 Å². The van der Waals surface area contributed by atoms with Crippen molar-refractivity contribution in [3.05, 3.63) is 60.9 Å². The van der Waals surface area contributed by atoms with Crippen LogP contribution >= 0.6 is 0 Å². The van der Waals surface area contributed by atoms with Gasteiger partial charge in [0.05, 0.1) is 4.90 Å². The Bertz CT molecular complexity index is 1010. The van der Waals surface area contributed by atoms with Gasteiger partial charge in [-0.15, -0.1) is 10.2 Å². The van der Waals surface area contributed by atoms with Crippen LogP contribution in [0.4, 0.5) is 17.6 Å². The third kappa shape index (κ3) is 4.01. The zero-order valence-electron chi connectivity index (χ0n) is 15.0. The molecule has 0 saturated carbocycles. The third-order valence-electron chi connectivity index (χ3n) is 4.38. The van der Waals surface area contributed by atoms with Crippen LogP contribution in [0.15, 0.2) is 65.8 Å². The summed E-state index contributed by atoms with van der Waals surface area (Å²) in [5.41, 5.74) is 0. The molecule has 28 heavy (non-hydrogen) atoms. The summed E-state index contributed by atoms with van der Waals surface area (Å²) in [6.45, 7) is 3.05. The molecule has 2 aromatic heterocycles. The summed E-state index contributed by atoms with van der Waals surface area (Å²) in [6, 6.07) is 13.3. The van der Waals surface area contributed by atoms with E-state index in [-0.39, 0.29) is 10.7 Å². The maximum atomic E-state index is 12.4. The molecular weight excluding hydrogens is 378 g/mol. The maximum Gasteiger partial charge on any atom is 0.263 e. The van der Waals surface area contributed by atoms with E-state index in [1.165, 1.54) is 12.1 Å². The van der Waals surface area contributed by atoms with Crippen LogP contribution in [0, 0.1) is 0 Å². The van der Waals surface area contributed by atoms with Gasteiger partial charge in [0.15, 0.2) is 11.6 Å². The van der Waals surface area contributed by atoms with Crippen molar-refractivity contribution in [3.63, 3.8) is 0 Å². The minimum Gasteiger partial charge on any atom is -0.352 e. The molecular formula is C18H19N7O2S. The highest BCUT2D eigenvalue weighted by Crippen LogP contribution is 2.18. The Kier molecular flexibility index (Phi) is 5.02. The molecule has 1 fully saturated rings. The number of hydrogen-bond donors (Lipinski definition) is 1. The van der Waals surface area contributed by atoms with Gasteiger partial charge in [0.2, 0.25) is 5.95 Å². The van der Waals surface area contributed by atoms with Gasteiger partial charge >= 0.3 is 0 Å². The molecule has 1 aromatic carbocycles. The fraction of sp³-hybridized carbons (Fsp3) is 0.222. The van der Waals surface area contributed by atoms with Crippen LogP contribution in [0.25, 0.3) is 0 Å². The predicted molar refractivity (Wildman–Crippen MR) is 106 cm³/mol. The average Bonchev–Trinajstić information content (AvgIpc) is 2.75.